The smallest absolute Gasteiger partial charge is 0.419 e. The van der Waals surface area contributed by atoms with Gasteiger partial charge in [0.25, 0.3) is 0 Å². The maximum absolute atomic E-state index is 13.9. The third-order valence-electron chi connectivity index (χ3n) is 6.16. The van der Waals surface area contributed by atoms with Crippen molar-refractivity contribution >= 4 is 23.6 Å². The molecule has 2 unspecified atom stereocenters. The van der Waals surface area contributed by atoms with E-state index in [1.54, 1.807) is 54.6 Å². The van der Waals surface area contributed by atoms with Crippen LogP contribution in [0.1, 0.15) is 40.8 Å². The van der Waals surface area contributed by atoms with Crippen LogP contribution in [0.5, 0.6) is 0 Å². The van der Waals surface area contributed by atoms with E-state index in [9.17, 15) is 27.9 Å². The van der Waals surface area contributed by atoms with E-state index in [4.69, 9.17) is 10.5 Å². The van der Waals surface area contributed by atoms with Crippen molar-refractivity contribution in [2.45, 2.75) is 31.0 Å². The van der Waals surface area contributed by atoms with Gasteiger partial charge >= 0.3 is 12.3 Å². The summed E-state index contributed by atoms with van der Waals surface area (Å²) in [5, 5.41) is 12.1. The van der Waals surface area contributed by atoms with Crippen molar-refractivity contribution in [2.75, 3.05) is 25.0 Å². The summed E-state index contributed by atoms with van der Waals surface area (Å²) in [6, 6.07) is 15.6. The van der Waals surface area contributed by atoms with Crippen LogP contribution < -0.4 is 11.1 Å². The monoisotopic (exact) mass is 529 g/mol. The van der Waals surface area contributed by atoms with Crippen LogP contribution >= 0.6 is 0 Å². The van der Waals surface area contributed by atoms with Crippen molar-refractivity contribution in [3.8, 4) is 0 Å². The Labute approximate surface area is 216 Å². The van der Waals surface area contributed by atoms with Crippen LogP contribution in [-0.2, 0) is 22.1 Å². The number of hydrogen-bond donors (Lipinski definition) is 3. The van der Waals surface area contributed by atoms with Crippen molar-refractivity contribution in [1.82, 2.24) is 14.9 Å². The highest BCUT2D eigenvalue weighted by Gasteiger charge is 2.37. The molecule has 0 saturated carbocycles. The van der Waals surface area contributed by atoms with E-state index in [2.05, 4.69) is 15.3 Å². The third-order valence-corrected chi connectivity index (χ3v) is 6.16. The Hall–Kier alpha value is -4.19. The van der Waals surface area contributed by atoms with E-state index in [-0.39, 0.29) is 37.6 Å². The molecule has 2 atom stereocenters. The van der Waals surface area contributed by atoms with Gasteiger partial charge in [0.2, 0.25) is 11.9 Å². The third kappa shape index (κ3) is 6.76. The average molecular weight is 530 g/mol. The van der Waals surface area contributed by atoms with E-state index in [1.165, 1.54) is 4.90 Å². The van der Waals surface area contributed by atoms with Gasteiger partial charge in [-0.15, -0.1) is 0 Å². The fourth-order valence-corrected chi connectivity index (χ4v) is 4.33. The summed E-state index contributed by atoms with van der Waals surface area (Å²) in [4.78, 5) is 32.3. The Balaban J connectivity index is 1.59. The molecule has 2 aromatic carbocycles. The van der Waals surface area contributed by atoms with Gasteiger partial charge in [-0.1, -0.05) is 42.5 Å². The van der Waals surface area contributed by atoms with Crippen molar-refractivity contribution in [2.24, 2.45) is 5.73 Å². The number of hydrogen-bond acceptors (Lipinski definition) is 6. The number of carbonyl (C=O) groups is 2. The van der Waals surface area contributed by atoms with Crippen LogP contribution in [0.25, 0.3) is 0 Å². The summed E-state index contributed by atoms with van der Waals surface area (Å²) in [6.07, 6.45) is -5.67. The molecule has 0 bridgehead atoms. The average Bonchev–Trinajstić information content (AvgIpc) is 2.88. The zero-order valence-corrected chi connectivity index (χ0v) is 20.2. The molecule has 1 aliphatic rings. The van der Waals surface area contributed by atoms with Gasteiger partial charge in [0, 0.05) is 30.8 Å². The first-order chi connectivity index (χ1) is 18.1. The number of aromatic nitrogens is 2. The first kappa shape index (κ1) is 26.9. The lowest BCUT2D eigenvalue weighted by Gasteiger charge is -2.31. The first-order valence-corrected chi connectivity index (χ1v) is 11.8. The van der Waals surface area contributed by atoms with Gasteiger partial charge in [-0.2, -0.15) is 13.2 Å². The quantitative estimate of drug-likeness (QED) is 0.392. The number of alkyl halides is 3. The van der Waals surface area contributed by atoms with Gasteiger partial charge in [-0.25, -0.2) is 14.8 Å². The Kier molecular flexibility index (Phi) is 8.10. The zero-order chi connectivity index (χ0) is 27.3. The molecule has 2 heterocycles. The maximum Gasteiger partial charge on any atom is 0.419 e. The number of primary amides is 1. The van der Waals surface area contributed by atoms with Crippen LogP contribution in [-0.4, -0.2) is 51.7 Å². The number of anilines is 2. The molecule has 4 N–H and O–H groups in total. The van der Waals surface area contributed by atoms with Gasteiger partial charge in [0.15, 0.2) is 0 Å². The van der Waals surface area contributed by atoms with E-state index >= 15 is 0 Å². The number of ether oxygens (including phenoxy) is 1. The summed E-state index contributed by atoms with van der Waals surface area (Å²) in [5.41, 5.74) is 6.02. The van der Waals surface area contributed by atoms with Crippen molar-refractivity contribution in [3.05, 3.63) is 83.2 Å². The summed E-state index contributed by atoms with van der Waals surface area (Å²) in [5.74, 6) is -1.73. The molecule has 0 radical (unpaired) electrons. The number of morpholine rings is 1. The topological polar surface area (TPSA) is 131 Å². The molecule has 200 valence electrons. The van der Waals surface area contributed by atoms with Crippen LogP contribution in [0.3, 0.4) is 0 Å². The van der Waals surface area contributed by atoms with Gasteiger partial charge in [-0.3, -0.25) is 4.79 Å². The van der Waals surface area contributed by atoms with Gasteiger partial charge in [0.05, 0.1) is 24.4 Å². The van der Waals surface area contributed by atoms with Gasteiger partial charge in [0.1, 0.15) is 6.10 Å². The molecule has 0 spiro atoms. The molecule has 38 heavy (non-hydrogen) atoms. The number of nitrogens with zero attached hydrogens (tertiary/aromatic N) is 3. The Bertz CT molecular complexity index is 1270. The van der Waals surface area contributed by atoms with E-state index < -0.39 is 35.8 Å². The largest absolute Gasteiger partial charge is 0.465 e. The number of carbonyl (C=O) groups excluding carboxylic acids is 1. The minimum Gasteiger partial charge on any atom is -0.465 e. The molecular weight excluding hydrogens is 503 g/mol. The lowest BCUT2D eigenvalue weighted by atomic mass is 9.90. The second-order valence-electron chi connectivity index (χ2n) is 8.88. The first-order valence-electron chi connectivity index (χ1n) is 11.8. The molecule has 1 aliphatic heterocycles. The highest BCUT2D eigenvalue weighted by Crippen LogP contribution is 2.37. The number of benzene rings is 2. The lowest BCUT2D eigenvalue weighted by molar-refractivity contribution is -0.139. The maximum atomic E-state index is 13.9. The molecule has 4 rings (SSSR count). The molecular formula is C26H26F3N5O4. The van der Waals surface area contributed by atoms with Gasteiger partial charge < -0.3 is 25.8 Å². The number of halogens is 3. The van der Waals surface area contributed by atoms with Gasteiger partial charge in [-0.05, 0) is 29.7 Å². The van der Waals surface area contributed by atoms with Crippen LogP contribution in [0.2, 0.25) is 0 Å². The van der Waals surface area contributed by atoms with E-state index in [0.29, 0.717) is 18.4 Å². The highest BCUT2D eigenvalue weighted by atomic mass is 19.4. The van der Waals surface area contributed by atoms with Crippen molar-refractivity contribution < 1.29 is 32.6 Å². The minimum atomic E-state index is -4.73. The number of nitrogens with two attached hydrogens (primary N) is 1. The normalized spacial score (nSPS) is 16.6. The highest BCUT2D eigenvalue weighted by molar-refractivity contribution is 5.75. The molecule has 0 aliphatic carbocycles. The predicted octanol–water partition coefficient (Wildman–Crippen LogP) is 4.49. The number of rotatable bonds is 8. The molecule has 3 aromatic rings. The SMILES string of the molecule is NC(=O)CC(Cc1ccccc1)c1nc(Nc2ccc(C3CN(C(=O)O)CCO3)cc2)ncc1C(F)(F)F. The lowest BCUT2D eigenvalue weighted by Crippen LogP contribution is -2.41. The summed E-state index contributed by atoms with van der Waals surface area (Å²) >= 11 is 0. The zero-order valence-electron chi connectivity index (χ0n) is 20.2. The fraction of sp³-hybridized carbons (Fsp3) is 0.308. The summed E-state index contributed by atoms with van der Waals surface area (Å²) in [6.45, 7) is 0.755. The van der Waals surface area contributed by atoms with E-state index in [1.807, 2.05) is 0 Å². The summed E-state index contributed by atoms with van der Waals surface area (Å²) < 4.78 is 47.3. The second kappa shape index (κ2) is 11.5. The molecule has 12 heteroatoms. The number of nitrogens with one attached hydrogen (secondary N) is 1. The molecule has 2 amide bonds. The Morgan fingerprint density at radius 3 is 2.50 bits per heavy atom. The molecule has 9 nitrogen and oxygen atoms in total. The molecule has 1 fully saturated rings. The summed E-state index contributed by atoms with van der Waals surface area (Å²) in [7, 11) is 0. The van der Waals surface area contributed by atoms with Crippen LogP contribution in [0.15, 0.2) is 60.8 Å². The molecule has 1 saturated heterocycles. The number of amides is 2. The predicted molar refractivity (Wildman–Crippen MR) is 132 cm³/mol. The van der Waals surface area contributed by atoms with Crippen LogP contribution in [0, 0.1) is 0 Å². The van der Waals surface area contributed by atoms with Crippen LogP contribution in [0.4, 0.5) is 29.6 Å². The second-order valence-corrected chi connectivity index (χ2v) is 8.88. The van der Waals surface area contributed by atoms with Crippen molar-refractivity contribution in [3.63, 3.8) is 0 Å². The van der Waals surface area contributed by atoms with E-state index in [0.717, 1.165) is 11.1 Å². The standard InChI is InChI=1S/C26H26F3N5O4/c27-26(28,29)20-14-31-24(33-23(20)18(13-22(30)35)12-16-4-2-1-3-5-16)32-19-8-6-17(7-9-19)21-15-34(25(36)37)10-11-38-21/h1-9,14,18,21H,10-13,15H2,(H2,30,35)(H,36,37)(H,31,32,33). The number of carboxylic acid groups (broad SMARTS) is 1. The Morgan fingerprint density at radius 1 is 1.16 bits per heavy atom. The molecule has 1 aromatic heterocycles. The Morgan fingerprint density at radius 2 is 1.87 bits per heavy atom. The minimum absolute atomic E-state index is 0.0748. The fourth-order valence-electron chi connectivity index (χ4n) is 4.33. The van der Waals surface area contributed by atoms with Crippen molar-refractivity contribution in [1.29, 1.82) is 0 Å².